The molecule has 2 saturated heterocycles. The highest BCUT2D eigenvalue weighted by atomic mass is 16.5. The van der Waals surface area contributed by atoms with E-state index in [1.807, 2.05) is 19.1 Å². The molecule has 9 heteroatoms. The molecule has 35 heavy (non-hydrogen) atoms. The number of rotatable bonds is 9. The van der Waals surface area contributed by atoms with Gasteiger partial charge in [0.15, 0.2) is 5.82 Å². The second kappa shape index (κ2) is 11.1. The van der Waals surface area contributed by atoms with Crippen molar-refractivity contribution >= 4 is 17.8 Å². The van der Waals surface area contributed by atoms with Crippen LogP contribution in [0.3, 0.4) is 0 Å². The molecule has 2 aliphatic heterocycles. The Kier molecular flexibility index (Phi) is 7.93. The summed E-state index contributed by atoms with van der Waals surface area (Å²) in [5.74, 6) is 2.41. The average molecular weight is 484 g/mol. The van der Waals surface area contributed by atoms with E-state index in [1.165, 1.54) is 0 Å². The molecule has 2 amide bonds. The summed E-state index contributed by atoms with van der Waals surface area (Å²) in [7, 11) is 1.76. The first-order valence-electron chi connectivity index (χ1n) is 12.7. The Morgan fingerprint density at radius 3 is 2.69 bits per heavy atom. The molecule has 0 radical (unpaired) electrons. The molecule has 2 aliphatic rings. The van der Waals surface area contributed by atoms with Crippen LogP contribution in [0.5, 0.6) is 5.75 Å². The molecule has 1 N–H and O–H groups in total. The van der Waals surface area contributed by atoms with Crippen LogP contribution in [-0.4, -0.2) is 66.2 Å². The van der Waals surface area contributed by atoms with Gasteiger partial charge >= 0.3 is 6.01 Å². The van der Waals surface area contributed by atoms with Crippen LogP contribution in [0.1, 0.15) is 73.6 Å². The fourth-order valence-corrected chi connectivity index (χ4v) is 4.77. The Balaban J connectivity index is 1.16. The van der Waals surface area contributed by atoms with E-state index in [-0.39, 0.29) is 23.8 Å². The molecule has 1 unspecified atom stereocenters. The first kappa shape index (κ1) is 25.0. The van der Waals surface area contributed by atoms with Crippen molar-refractivity contribution in [1.82, 2.24) is 20.4 Å². The van der Waals surface area contributed by atoms with Gasteiger partial charge in [-0.1, -0.05) is 19.0 Å². The second-order valence-electron chi connectivity index (χ2n) is 10.1. The maximum absolute atomic E-state index is 12.6. The monoisotopic (exact) mass is 483 g/mol. The van der Waals surface area contributed by atoms with Crippen LogP contribution in [0.25, 0.3) is 0 Å². The number of nitrogens with zero attached hydrogens (tertiary/aromatic N) is 4. The van der Waals surface area contributed by atoms with Crippen molar-refractivity contribution in [1.29, 1.82) is 0 Å². The standard InChI is InChI=1S/C26H37N5O4/c1-17(2)24-28-26(35-29-24)31-11-9-19(10-12-31)6-5-13-34-21-7-8-22(18(3)14-21)25(33)27-20-15-23(32)30(4)16-20/h7-8,14,17,19-20H,5-6,9-13,15-16H2,1-4H3,(H,27,33). The summed E-state index contributed by atoms with van der Waals surface area (Å²) in [6.45, 7) is 9.14. The van der Waals surface area contributed by atoms with Gasteiger partial charge in [-0.25, -0.2) is 0 Å². The summed E-state index contributed by atoms with van der Waals surface area (Å²) in [6.07, 6.45) is 4.71. The predicted molar refractivity (Wildman–Crippen MR) is 133 cm³/mol. The minimum atomic E-state index is -0.144. The zero-order valence-electron chi connectivity index (χ0n) is 21.2. The van der Waals surface area contributed by atoms with Crippen molar-refractivity contribution < 1.29 is 18.8 Å². The highest BCUT2D eigenvalue weighted by Crippen LogP contribution is 2.26. The number of anilines is 1. The van der Waals surface area contributed by atoms with Crippen LogP contribution in [0.4, 0.5) is 6.01 Å². The minimum absolute atomic E-state index is 0.0633. The van der Waals surface area contributed by atoms with Crippen LogP contribution >= 0.6 is 0 Å². The third-order valence-corrected chi connectivity index (χ3v) is 6.98. The molecule has 1 aromatic carbocycles. The van der Waals surface area contributed by atoms with E-state index in [0.717, 1.165) is 55.9 Å². The van der Waals surface area contributed by atoms with Crippen molar-refractivity contribution in [3.8, 4) is 5.75 Å². The lowest BCUT2D eigenvalue weighted by Crippen LogP contribution is -2.36. The lowest BCUT2D eigenvalue weighted by molar-refractivity contribution is -0.126. The molecule has 2 aromatic rings. The molecule has 9 nitrogen and oxygen atoms in total. The predicted octanol–water partition coefficient (Wildman–Crippen LogP) is 3.54. The number of aryl methyl sites for hydroxylation is 1. The number of hydrogen-bond donors (Lipinski definition) is 1. The lowest BCUT2D eigenvalue weighted by Gasteiger charge is -2.30. The van der Waals surface area contributed by atoms with E-state index in [9.17, 15) is 9.59 Å². The summed E-state index contributed by atoms with van der Waals surface area (Å²) in [5, 5.41) is 7.03. The maximum atomic E-state index is 12.6. The molecule has 3 heterocycles. The second-order valence-corrected chi connectivity index (χ2v) is 10.1. The molecule has 0 spiro atoms. The minimum Gasteiger partial charge on any atom is -0.494 e. The maximum Gasteiger partial charge on any atom is 0.324 e. The van der Waals surface area contributed by atoms with Gasteiger partial charge in [0.25, 0.3) is 5.91 Å². The van der Waals surface area contributed by atoms with E-state index in [1.54, 1.807) is 18.0 Å². The highest BCUT2D eigenvalue weighted by molar-refractivity contribution is 5.96. The van der Waals surface area contributed by atoms with Crippen LogP contribution < -0.4 is 15.0 Å². The summed E-state index contributed by atoms with van der Waals surface area (Å²) < 4.78 is 11.4. The Bertz CT molecular complexity index is 1030. The number of hydrogen-bond acceptors (Lipinski definition) is 7. The number of benzene rings is 1. The molecule has 190 valence electrons. The summed E-state index contributed by atoms with van der Waals surface area (Å²) in [6, 6.07) is 6.08. The molecule has 0 saturated carbocycles. The zero-order valence-corrected chi connectivity index (χ0v) is 21.2. The fourth-order valence-electron chi connectivity index (χ4n) is 4.77. The molecule has 2 fully saturated rings. The molecular formula is C26H37N5O4. The fraction of sp³-hybridized carbons (Fsp3) is 0.615. The number of aromatic nitrogens is 2. The SMILES string of the molecule is Cc1cc(OCCCC2CCN(c3nc(C(C)C)no3)CC2)ccc1C(=O)NC1CC(=O)N(C)C1. The van der Waals surface area contributed by atoms with E-state index in [2.05, 4.69) is 34.2 Å². The molecular weight excluding hydrogens is 446 g/mol. The van der Waals surface area contributed by atoms with Crippen LogP contribution in [0, 0.1) is 12.8 Å². The normalized spacial score (nSPS) is 19.0. The van der Waals surface area contributed by atoms with Crippen molar-refractivity contribution in [2.45, 2.75) is 64.8 Å². The van der Waals surface area contributed by atoms with E-state index >= 15 is 0 Å². The number of likely N-dealkylation sites (N-methyl/N-ethyl adjacent to an activating group) is 1. The van der Waals surface area contributed by atoms with Crippen LogP contribution in [-0.2, 0) is 4.79 Å². The smallest absolute Gasteiger partial charge is 0.324 e. The van der Waals surface area contributed by atoms with Gasteiger partial charge in [-0.15, -0.1) is 0 Å². The van der Waals surface area contributed by atoms with Crippen molar-refractivity contribution in [2.24, 2.45) is 5.92 Å². The number of piperidine rings is 1. The first-order valence-corrected chi connectivity index (χ1v) is 12.7. The van der Waals surface area contributed by atoms with E-state index in [0.29, 0.717) is 37.1 Å². The van der Waals surface area contributed by atoms with Gasteiger partial charge in [0, 0.05) is 44.6 Å². The molecule has 0 bridgehead atoms. The number of nitrogens with one attached hydrogen (secondary N) is 1. The van der Waals surface area contributed by atoms with Gasteiger partial charge in [0.1, 0.15) is 5.75 Å². The lowest BCUT2D eigenvalue weighted by atomic mass is 9.92. The Labute approximate surface area is 207 Å². The molecule has 0 aliphatic carbocycles. The first-order chi connectivity index (χ1) is 16.8. The molecule has 1 aromatic heterocycles. The van der Waals surface area contributed by atoms with Gasteiger partial charge in [-0.2, -0.15) is 4.98 Å². The summed E-state index contributed by atoms with van der Waals surface area (Å²) >= 11 is 0. The topological polar surface area (TPSA) is 101 Å². The summed E-state index contributed by atoms with van der Waals surface area (Å²) in [4.78, 5) is 32.7. The van der Waals surface area contributed by atoms with Gasteiger partial charge in [0.2, 0.25) is 5.91 Å². The quantitative estimate of drug-likeness (QED) is 0.545. The van der Waals surface area contributed by atoms with Crippen LogP contribution in [0.15, 0.2) is 22.7 Å². The van der Waals surface area contributed by atoms with Gasteiger partial charge in [-0.05, 0) is 62.3 Å². The van der Waals surface area contributed by atoms with Crippen LogP contribution in [0.2, 0.25) is 0 Å². The van der Waals surface area contributed by atoms with Crippen molar-refractivity contribution in [2.75, 3.05) is 38.2 Å². The molecule has 4 rings (SSSR count). The number of carbonyl (C=O) groups excluding carboxylic acids is 2. The summed E-state index contributed by atoms with van der Waals surface area (Å²) in [5.41, 5.74) is 1.49. The third-order valence-electron chi connectivity index (χ3n) is 6.98. The van der Waals surface area contributed by atoms with Gasteiger partial charge in [-0.3, -0.25) is 9.59 Å². The Morgan fingerprint density at radius 2 is 2.06 bits per heavy atom. The Hall–Kier alpha value is -3.10. The largest absolute Gasteiger partial charge is 0.494 e. The van der Waals surface area contributed by atoms with Crippen molar-refractivity contribution in [3.63, 3.8) is 0 Å². The highest BCUT2D eigenvalue weighted by Gasteiger charge is 2.28. The number of ether oxygens (including phenoxy) is 1. The molecule has 1 atom stereocenters. The Morgan fingerprint density at radius 1 is 1.29 bits per heavy atom. The third kappa shape index (κ3) is 6.32. The van der Waals surface area contributed by atoms with E-state index < -0.39 is 0 Å². The number of amides is 2. The number of likely N-dealkylation sites (tertiary alicyclic amines) is 1. The van der Waals surface area contributed by atoms with Gasteiger partial charge < -0.3 is 24.4 Å². The zero-order chi connectivity index (χ0) is 24.9. The van der Waals surface area contributed by atoms with Crippen molar-refractivity contribution in [3.05, 3.63) is 35.2 Å². The van der Waals surface area contributed by atoms with Gasteiger partial charge in [0.05, 0.1) is 12.6 Å². The average Bonchev–Trinajstić information content (AvgIpc) is 3.44. The van der Waals surface area contributed by atoms with E-state index in [4.69, 9.17) is 9.26 Å². The number of carbonyl (C=O) groups is 2.